The molecule has 0 radical (unpaired) electrons. The Hall–Kier alpha value is -1.96. The number of halogens is 1. The lowest BCUT2D eigenvalue weighted by atomic mass is 10.1. The minimum Gasteiger partial charge on any atom is -0.493 e. The monoisotopic (exact) mass is 481 g/mol. The van der Waals surface area contributed by atoms with Crippen molar-refractivity contribution in [1.29, 1.82) is 0 Å². The number of methoxy groups -OCH3 is 1. The summed E-state index contributed by atoms with van der Waals surface area (Å²) in [6, 6.07) is 12.3. The van der Waals surface area contributed by atoms with Crippen LogP contribution in [0.4, 0.5) is 5.69 Å². The number of anilines is 1. The molecular formula is C21H28IN3O2. The Kier molecular flexibility index (Phi) is 8.22. The van der Waals surface area contributed by atoms with Crippen molar-refractivity contribution >= 4 is 35.6 Å². The minimum absolute atomic E-state index is 0. The molecule has 0 bridgehead atoms. The average molecular weight is 481 g/mol. The quantitative estimate of drug-likeness (QED) is 0.347. The van der Waals surface area contributed by atoms with Gasteiger partial charge in [0.05, 0.1) is 20.3 Å². The van der Waals surface area contributed by atoms with Gasteiger partial charge in [-0.05, 0) is 66.6 Å². The first-order valence-electron chi connectivity index (χ1n) is 9.18. The molecule has 5 nitrogen and oxygen atoms in total. The van der Waals surface area contributed by atoms with E-state index in [4.69, 9.17) is 15.2 Å². The first-order chi connectivity index (χ1) is 12.7. The molecule has 146 valence electrons. The van der Waals surface area contributed by atoms with E-state index in [0.29, 0.717) is 19.1 Å². The van der Waals surface area contributed by atoms with E-state index in [2.05, 4.69) is 35.4 Å². The number of nitrogens with one attached hydrogen (secondary N) is 1. The zero-order chi connectivity index (χ0) is 18.4. The second kappa shape index (κ2) is 10.4. The van der Waals surface area contributed by atoms with Crippen LogP contribution in [0.15, 0.2) is 41.4 Å². The molecule has 3 N–H and O–H groups in total. The number of nitrogens with zero attached hydrogens (tertiary/aromatic N) is 1. The lowest BCUT2D eigenvalue weighted by Gasteiger charge is -2.11. The smallest absolute Gasteiger partial charge is 0.193 e. The number of ether oxygens (including phenoxy) is 2. The fourth-order valence-corrected chi connectivity index (χ4v) is 3.16. The van der Waals surface area contributed by atoms with E-state index in [1.54, 1.807) is 7.11 Å². The van der Waals surface area contributed by atoms with Crippen molar-refractivity contribution in [2.45, 2.75) is 39.2 Å². The SMILES string of the molecule is CCCOc1ccc(CN=C(N)Nc2ccc3c(c2)CCC3)cc1OC.I. The van der Waals surface area contributed by atoms with Crippen LogP contribution in [-0.4, -0.2) is 19.7 Å². The van der Waals surface area contributed by atoms with Crippen LogP contribution in [-0.2, 0) is 19.4 Å². The summed E-state index contributed by atoms with van der Waals surface area (Å²) in [4.78, 5) is 4.44. The molecule has 6 heteroatoms. The summed E-state index contributed by atoms with van der Waals surface area (Å²) in [6.07, 6.45) is 4.52. The Morgan fingerprint density at radius 2 is 1.93 bits per heavy atom. The van der Waals surface area contributed by atoms with Crippen LogP contribution in [0.25, 0.3) is 0 Å². The van der Waals surface area contributed by atoms with E-state index >= 15 is 0 Å². The van der Waals surface area contributed by atoms with Gasteiger partial charge in [0.1, 0.15) is 0 Å². The zero-order valence-electron chi connectivity index (χ0n) is 16.0. The molecule has 0 heterocycles. The average Bonchev–Trinajstić information content (AvgIpc) is 3.12. The molecule has 0 atom stereocenters. The fourth-order valence-electron chi connectivity index (χ4n) is 3.16. The molecule has 0 aromatic heterocycles. The Balaban J connectivity index is 0.00000261. The Bertz CT molecular complexity index is 793. The lowest BCUT2D eigenvalue weighted by molar-refractivity contribution is 0.294. The summed E-state index contributed by atoms with van der Waals surface area (Å²) >= 11 is 0. The number of hydrogen-bond acceptors (Lipinski definition) is 3. The molecule has 0 unspecified atom stereocenters. The van der Waals surface area contributed by atoms with Gasteiger partial charge < -0.3 is 20.5 Å². The molecule has 2 aromatic carbocycles. The second-order valence-corrected chi connectivity index (χ2v) is 6.50. The third-order valence-electron chi connectivity index (χ3n) is 4.49. The maximum Gasteiger partial charge on any atom is 0.193 e. The van der Waals surface area contributed by atoms with E-state index < -0.39 is 0 Å². The molecule has 0 saturated heterocycles. The third kappa shape index (κ3) is 5.76. The van der Waals surface area contributed by atoms with Crippen LogP contribution in [0, 0.1) is 0 Å². The summed E-state index contributed by atoms with van der Waals surface area (Å²) in [6.45, 7) is 3.23. The largest absolute Gasteiger partial charge is 0.493 e. The highest BCUT2D eigenvalue weighted by Crippen LogP contribution is 2.28. The molecule has 0 amide bonds. The van der Waals surface area contributed by atoms with Crippen molar-refractivity contribution in [2.75, 3.05) is 19.0 Å². The maximum atomic E-state index is 6.05. The molecule has 1 aliphatic carbocycles. The van der Waals surface area contributed by atoms with Crippen LogP contribution in [0.3, 0.4) is 0 Å². The van der Waals surface area contributed by atoms with Crippen molar-refractivity contribution in [2.24, 2.45) is 10.7 Å². The Morgan fingerprint density at radius 3 is 2.70 bits per heavy atom. The Labute approximate surface area is 178 Å². The number of benzene rings is 2. The highest BCUT2D eigenvalue weighted by molar-refractivity contribution is 14.0. The van der Waals surface area contributed by atoms with Gasteiger partial charge in [0, 0.05) is 5.69 Å². The number of fused-ring (bicyclic) bond motifs is 1. The van der Waals surface area contributed by atoms with Gasteiger partial charge in [-0.25, -0.2) is 4.99 Å². The first kappa shape index (κ1) is 21.3. The van der Waals surface area contributed by atoms with Gasteiger partial charge >= 0.3 is 0 Å². The van der Waals surface area contributed by atoms with Crippen molar-refractivity contribution < 1.29 is 9.47 Å². The van der Waals surface area contributed by atoms with Gasteiger partial charge in [0.15, 0.2) is 17.5 Å². The van der Waals surface area contributed by atoms with Gasteiger partial charge in [-0.2, -0.15) is 0 Å². The van der Waals surface area contributed by atoms with Gasteiger partial charge in [0.25, 0.3) is 0 Å². The zero-order valence-corrected chi connectivity index (χ0v) is 18.3. The van der Waals surface area contributed by atoms with Crippen LogP contribution in [0.5, 0.6) is 11.5 Å². The summed E-state index contributed by atoms with van der Waals surface area (Å²) in [5, 5.41) is 3.18. The van der Waals surface area contributed by atoms with Gasteiger partial charge in [-0.15, -0.1) is 24.0 Å². The fraction of sp³-hybridized carbons (Fsp3) is 0.381. The van der Waals surface area contributed by atoms with Gasteiger partial charge in [-0.1, -0.05) is 19.1 Å². The topological polar surface area (TPSA) is 68.9 Å². The molecule has 2 aromatic rings. The van der Waals surface area contributed by atoms with E-state index in [9.17, 15) is 0 Å². The first-order valence-corrected chi connectivity index (χ1v) is 9.18. The normalized spacial score (nSPS) is 12.9. The molecule has 0 aliphatic heterocycles. The lowest BCUT2D eigenvalue weighted by Crippen LogP contribution is -2.22. The number of nitrogens with two attached hydrogens (primary N) is 1. The summed E-state index contributed by atoms with van der Waals surface area (Å²) in [7, 11) is 1.64. The van der Waals surface area contributed by atoms with Crippen LogP contribution < -0.4 is 20.5 Å². The number of aryl methyl sites for hydroxylation is 2. The highest BCUT2D eigenvalue weighted by atomic mass is 127. The number of aliphatic imine (C=N–C) groups is 1. The minimum atomic E-state index is 0. The van der Waals surface area contributed by atoms with Crippen molar-refractivity contribution in [1.82, 2.24) is 0 Å². The van der Waals surface area contributed by atoms with Crippen LogP contribution in [0.2, 0.25) is 0 Å². The van der Waals surface area contributed by atoms with E-state index in [-0.39, 0.29) is 24.0 Å². The van der Waals surface area contributed by atoms with Crippen molar-refractivity contribution in [3.8, 4) is 11.5 Å². The van der Waals surface area contributed by atoms with Crippen molar-refractivity contribution in [3.63, 3.8) is 0 Å². The number of hydrogen-bond donors (Lipinski definition) is 2. The maximum absolute atomic E-state index is 6.05. The third-order valence-corrected chi connectivity index (χ3v) is 4.49. The Morgan fingerprint density at radius 1 is 1.11 bits per heavy atom. The molecule has 3 rings (SSSR count). The van der Waals surface area contributed by atoms with E-state index in [1.807, 2.05) is 18.2 Å². The van der Waals surface area contributed by atoms with Gasteiger partial charge in [0.2, 0.25) is 0 Å². The molecule has 0 saturated carbocycles. The molecule has 0 spiro atoms. The van der Waals surface area contributed by atoms with E-state index in [1.165, 1.54) is 24.0 Å². The predicted molar refractivity (Wildman–Crippen MR) is 122 cm³/mol. The molecule has 1 aliphatic rings. The molecular weight excluding hydrogens is 453 g/mol. The summed E-state index contributed by atoms with van der Waals surface area (Å²) in [5.41, 5.74) is 10.9. The van der Waals surface area contributed by atoms with Crippen molar-refractivity contribution in [3.05, 3.63) is 53.1 Å². The summed E-state index contributed by atoms with van der Waals surface area (Å²) in [5.74, 6) is 1.89. The molecule has 0 fully saturated rings. The number of guanidine groups is 1. The molecule has 27 heavy (non-hydrogen) atoms. The standard InChI is InChI=1S/C21H27N3O2.HI/c1-3-11-26-19-10-7-15(12-20(19)25-2)14-23-21(22)24-18-9-8-16-5-4-6-17(16)13-18;/h7-10,12-13H,3-6,11,14H2,1-2H3,(H3,22,23,24);1H. The summed E-state index contributed by atoms with van der Waals surface area (Å²) < 4.78 is 11.1. The predicted octanol–water partition coefficient (Wildman–Crippen LogP) is 4.52. The van der Waals surface area contributed by atoms with Crippen LogP contribution >= 0.6 is 24.0 Å². The second-order valence-electron chi connectivity index (χ2n) is 6.50. The highest BCUT2D eigenvalue weighted by Gasteiger charge is 2.11. The van der Waals surface area contributed by atoms with Gasteiger partial charge in [-0.3, -0.25) is 0 Å². The van der Waals surface area contributed by atoms with Crippen LogP contribution in [0.1, 0.15) is 36.5 Å². The number of rotatable bonds is 7. The van der Waals surface area contributed by atoms with E-state index in [0.717, 1.165) is 35.6 Å².